The first-order valence-electron chi connectivity index (χ1n) is 9.62. The summed E-state index contributed by atoms with van der Waals surface area (Å²) in [6.45, 7) is 0. The van der Waals surface area contributed by atoms with Crippen molar-refractivity contribution in [3.63, 3.8) is 0 Å². The zero-order valence-electron chi connectivity index (χ0n) is 16.7. The first kappa shape index (κ1) is 19.5. The van der Waals surface area contributed by atoms with Crippen LogP contribution in [0.3, 0.4) is 0 Å². The van der Waals surface area contributed by atoms with E-state index in [0.29, 0.717) is 17.0 Å². The van der Waals surface area contributed by atoms with E-state index in [9.17, 15) is 19.2 Å². The van der Waals surface area contributed by atoms with Gasteiger partial charge >= 0.3 is 5.49 Å². The SMILES string of the molecule is COc1cc(F)ccc1-c1ccc(/N=c2/c3c(=O)c4ccccc4c(=O)c=3n[n+]2[O-])cc1. The number of hydrogen-bond donors (Lipinski definition) is 0. The summed E-state index contributed by atoms with van der Waals surface area (Å²) >= 11 is 0. The molecule has 5 rings (SSSR count). The summed E-state index contributed by atoms with van der Waals surface area (Å²) in [6.07, 6.45) is 0. The lowest BCUT2D eigenvalue weighted by molar-refractivity contribution is -0.681. The van der Waals surface area contributed by atoms with Gasteiger partial charge in [-0.1, -0.05) is 29.4 Å². The summed E-state index contributed by atoms with van der Waals surface area (Å²) in [5.74, 6) is -0.0318. The Balaban J connectivity index is 1.70. The van der Waals surface area contributed by atoms with Crippen LogP contribution in [-0.2, 0) is 0 Å². The second-order valence-corrected chi connectivity index (χ2v) is 7.13. The summed E-state index contributed by atoms with van der Waals surface area (Å²) in [5.41, 5.74) is 0.625. The van der Waals surface area contributed by atoms with Crippen molar-refractivity contribution in [3.8, 4) is 16.9 Å². The van der Waals surface area contributed by atoms with Gasteiger partial charge in [-0.2, -0.15) is 0 Å². The van der Waals surface area contributed by atoms with Gasteiger partial charge in [-0.25, -0.2) is 4.39 Å². The predicted molar refractivity (Wildman–Crippen MR) is 115 cm³/mol. The highest BCUT2D eigenvalue weighted by Gasteiger charge is 2.18. The topological polar surface area (TPSA) is 95.6 Å². The maximum atomic E-state index is 13.5. The van der Waals surface area contributed by atoms with Crippen molar-refractivity contribution in [1.82, 2.24) is 5.10 Å². The van der Waals surface area contributed by atoms with Gasteiger partial charge in [0.15, 0.2) is 16.3 Å². The Bertz CT molecular complexity index is 1720. The minimum absolute atomic E-state index is 0.104. The maximum absolute atomic E-state index is 13.5. The van der Waals surface area contributed by atoms with Crippen LogP contribution in [0.25, 0.3) is 21.9 Å². The van der Waals surface area contributed by atoms with E-state index in [1.54, 1.807) is 42.5 Å². The first-order valence-corrected chi connectivity index (χ1v) is 9.62. The maximum Gasteiger partial charge on any atom is 0.361 e. The third-order valence-corrected chi connectivity index (χ3v) is 5.27. The zero-order chi connectivity index (χ0) is 22.4. The van der Waals surface area contributed by atoms with E-state index in [4.69, 9.17) is 4.74 Å². The van der Waals surface area contributed by atoms with E-state index >= 15 is 0 Å². The van der Waals surface area contributed by atoms with Gasteiger partial charge in [0.25, 0.3) is 0 Å². The molecule has 1 aliphatic heterocycles. The summed E-state index contributed by atoms with van der Waals surface area (Å²) in [6, 6.07) is 17.3. The number of nitrogens with zero attached hydrogens (tertiary/aromatic N) is 3. The molecule has 0 unspecified atom stereocenters. The molecule has 3 aromatic carbocycles. The van der Waals surface area contributed by atoms with Crippen LogP contribution in [0, 0.1) is 21.6 Å². The fourth-order valence-corrected chi connectivity index (χ4v) is 3.74. The summed E-state index contributed by atoms with van der Waals surface area (Å²) < 4.78 is 18.7. The van der Waals surface area contributed by atoms with E-state index in [2.05, 4.69) is 10.1 Å². The Morgan fingerprint density at radius 3 is 2.34 bits per heavy atom. The minimum Gasteiger partial charge on any atom is -0.690 e. The van der Waals surface area contributed by atoms with Crippen LogP contribution < -0.4 is 25.9 Å². The van der Waals surface area contributed by atoms with Gasteiger partial charge in [-0.3, -0.25) is 9.59 Å². The fraction of sp³-hybridized carbons (Fsp3) is 0.0417. The number of methoxy groups -OCH3 is 1. The Morgan fingerprint density at radius 1 is 0.969 bits per heavy atom. The molecule has 0 N–H and O–H groups in total. The van der Waals surface area contributed by atoms with Gasteiger partial charge in [0.1, 0.15) is 11.6 Å². The molecule has 0 atom stereocenters. The van der Waals surface area contributed by atoms with Crippen LogP contribution in [0.1, 0.15) is 0 Å². The summed E-state index contributed by atoms with van der Waals surface area (Å²) in [5, 5.41) is 16.3. The third-order valence-electron chi connectivity index (χ3n) is 5.27. The second-order valence-electron chi connectivity index (χ2n) is 7.13. The average molecular weight is 427 g/mol. The van der Waals surface area contributed by atoms with Crippen LogP contribution in [0.2, 0.25) is 0 Å². The van der Waals surface area contributed by atoms with Crippen molar-refractivity contribution in [2.24, 2.45) is 4.99 Å². The number of benzene rings is 3. The van der Waals surface area contributed by atoms with E-state index < -0.39 is 16.7 Å². The lowest BCUT2D eigenvalue weighted by atomic mass is 10.0. The molecular formula is C24H14FN3O4. The van der Waals surface area contributed by atoms with Gasteiger partial charge in [-0.05, 0) is 47.0 Å². The number of fused-ring (bicyclic) bond motifs is 1. The van der Waals surface area contributed by atoms with Crippen molar-refractivity contribution >= 4 is 16.5 Å². The van der Waals surface area contributed by atoms with Crippen LogP contribution in [-0.4, -0.2) is 12.2 Å². The van der Waals surface area contributed by atoms with Crippen molar-refractivity contribution in [2.45, 2.75) is 0 Å². The normalized spacial score (nSPS) is 12.0. The molecule has 2 aliphatic rings. The molecule has 0 saturated heterocycles. The van der Waals surface area contributed by atoms with Crippen molar-refractivity contribution < 1.29 is 14.0 Å². The second kappa shape index (κ2) is 7.35. The van der Waals surface area contributed by atoms with E-state index in [1.807, 2.05) is 0 Å². The van der Waals surface area contributed by atoms with Gasteiger partial charge in [0.05, 0.1) is 7.11 Å². The van der Waals surface area contributed by atoms with Gasteiger partial charge in [0, 0.05) is 22.4 Å². The van der Waals surface area contributed by atoms with Crippen molar-refractivity contribution in [1.29, 1.82) is 0 Å². The van der Waals surface area contributed by atoms with Crippen molar-refractivity contribution in [2.75, 3.05) is 7.11 Å². The minimum atomic E-state index is -0.486. The molecule has 1 aliphatic carbocycles. The number of aromatic nitrogens is 2. The van der Waals surface area contributed by atoms with Gasteiger partial charge in [0.2, 0.25) is 10.9 Å². The first-order chi connectivity index (χ1) is 15.5. The molecular weight excluding hydrogens is 413 g/mol. The zero-order valence-corrected chi connectivity index (χ0v) is 16.7. The molecule has 0 saturated carbocycles. The quantitative estimate of drug-likeness (QED) is 0.325. The number of ether oxygens (including phenoxy) is 1. The number of halogens is 1. The molecule has 1 heterocycles. The highest BCUT2D eigenvalue weighted by molar-refractivity contribution is 5.81. The lowest BCUT2D eigenvalue weighted by Crippen LogP contribution is -2.46. The average Bonchev–Trinajstić information content (AvgIpc) is 3.14. The lowest BCUT2D eigenvalue weighted by Gasteiger charge is -2.08. The Hall–Kier alpha value is -4.46. The van der Waals surface area contributed by atoms with Gasteiger partial charge in [-0.15, -0.1) is 4.85 Å². The summed E-state index contributed by atoms with van der Waals surface area (Å²) in [7, 11) is 1.46. The molecule has 32 heavy (non-hydrogen) atoms. The van der Waals surface area contributed by atoms with E-state index in [-0.39, 0.29) is 31.7 Å². The monoisotopic (exact) mass is 427 g/mol. The Morgan fingerprint density at radius 2 is 1.66 bits per heavy atom. The highest BCUT2D eigenvalue weighted by Crippen LogP contribution is 2.31. The largest absolute Gasteiger partial charge is 0.690 e. The molecule has 7 nitrogen and oxygen atoms in total. The predicted octanol–water partition coefficient (Wildman–Crippen LogP) is 2.24. The number of rotatable bonds is 3. The third kappa shape index (κ3) is 3.01. The fourth-order valence-electron chi connectivity index (χ4n) is 3.74. The molecule has 0 amide bonds. The van der Waals surface area contributed by atoms with Gasteiger partial charge < -0.3 is 9.94 Å². The standard InChI is InChI=1S/C24H14FN3O4/c1-32-19-12-14(25)8-11-16(19)13-6-9-15(10-7-13)26-24-20-21(27-28(24)31)23(30)18-5-3-2-4-17(18)22(20)29/h2-12H,1H3/b26-24-. The van der Waals surface area contributed by atoms with E-state index in [1.165, 1.54) is 31.4 Å². The Labute approximate surface area is 179 Å². The Kier molecular flexibility index (Phi) is 4.48. The van der Waals surface area contributed by atoms with Crippen LogP contribution in [0.5, 0.6) is 5.75 Å². The van der Waals surface area contributed by atoms with E-state index in [0.717, 1.165) is 5.56 Å². The molecule has 8 heteroatoms. The smallest absolute Gasteiger partial charge is 0.361 e. The van der Waals surface area contributed by atoms with Crippen LogP contribution in [0.15, 0.2) is 81.3 Å². The number of hydrogen-bond acceptors (Lipinski definition) is 6. The summed E-state index contributed by atoms with van der Waals surface area (Å²) in [4.78, 5) is 30.2. The molecule has 0 spiro atoms. The molecule has 0 bridgehead atoms. The molecule has 3 aromatic rings. The highest BCUT2D eigenvalue weighted by atomic mass is 19.1. The van der Waals surface area contributed by atoms with Crippen LogP contribution >= 0.6 is 0 Å². The van der Waals surface area contributed by atoms with Crippen molar-refractivity contribution in [3.05, 3.63) is 114 Å². The molecule has 156 valence electrons. The molecule has 0 radical (unpaired) electrons. The van der Waals surface area contributed by atoms with Crippen LogP contribution in [0.4, 0.5) is 10.1 Å². The molecule has 0 fully saturated rings. The molecule has 0 aromatic heterocycles.